The Kier molecular flexibility index (Phi) is 2.95. The van der Waals surface area contributed by atoms with Gasteiger partial charge in [-0.15, -0.1) is 0 Å². The van der Waals surface area contributed by atoms with Crippen molar-refractivity contribution in [3.8, 4) is 0 Å². The number of pyridine rings is 1. The highest BCUT2D eigenvalue weighted by Gasteiger charge is 2.33. The lowest BCUT2D eigenvalue weighted by Gasteiger charge is -2.09. The van der Waals surface area contributed by atoms with Crippen LogP contribution in [0.15, 0.2) is 16.7 Å². The number of alkyl halides is 3. The third-order valence-corrected chi connectivity index (χ3v) is 2.21. The van der Waals surface area contributed by atoms with Gasteiger partial charge in [0.1, 0.15) is 0 Å². The third-order valence-electron chi connectivity index (χ3n) is 1.58. The lowest BCUT2D eigenvalue weighted by Crippen LogP contribution is -2.07. The first-order chi connectivity index (χ1) is 5.95. The highest BCUT2D eigenvalue weighted by molar-refractivity contribution is 9.10. The van der Waals surface area contributed by atoms with Crippen LogP contribution in [0.25, 0.3) is 0 Å². The number of rotatable bonds is 1. The van der Waals surface area contributed by atoms with Crippen molar-refractivity contribution < 1.29 is 13.2 Å². The predicted molar refractivity (Wildman–Crippen MR) is 46.3 cm³/mol. The zero-order valence-electron chi connectivity index (χ0n) is 6.82. The molecule has 1 aromatic heterocycles. The average Bonchev–Trinajstić information content (AvgIpc) is 2.03. The van der Waals surface area contributed by atoms with Gasteiger partial charge in [0, 0.05) is 16.4 Å². The minimum absolute atomic E-state index is 0.0165. The second-order valence-corrected chi connectivity index (χ2v) is 3.36. The molecule has 0 bridgehead atoms. The summed E-state index contributed by atoms with van der Waals surface area (Å²) < 4.78 is 36.9. The second kappa shape index (κ2) is 3.65. The van der Waals surface area contributed by atoms with E-state index in [-0.39, 0.29) is 4.47 Å². The minimum Gasteiger partial charge on any atom is -0.260 e. The SMILES string of the molecule is CCc1cc(C(F)(F)F)c(Br)cn1. The average molecular weight is 254 g/mol. The summed E-state index contributed by atoms with van der Waals surface area (Å²) >= 11 is 2.81. The van der Waals surface area contributed by atoms with Crippen molar-refractivity contribution in [3.63, 3.8) is 0 Å². The molecule has 0 saturated carbocycles. The van der Waals surface area contributed by atoms with E-state index >= 15 is 0 Å². The first kappa shape index (κ1) is 10.5. The molecule has 0 saturated heterocycles. The van der Waals surface area contributed by atoms with Gasteiger partial charge in [0.15, 0.2) is 0 Å². The molecule has 0 aliphatic carbocycles. The monoisotopic (exact) mass is 253 g/mol. The van der Waals surface area contributed by atoms with E-state index < -0.39 is 11.7 Å². The van der Waals surface area contributed by atoms with Crippen LogP contribution in [0.5, 0.6) is 0 Å². The number of nitrogens with zero attached hydrogens (tertiary/aromatic N) is 1. The Morgan fingerprint density at radius 3 is 2.54 bits per heavy atom. The van der Waals surface area contributed by atoms with Crippen LogP contribution >= 0.6 is 15.9 Å². The van der Waals surface area contributed by atoms with E-state index in [9.17, 15) is 13.2 Å². The number of hydrogen-bond acceptors (Lipinski definition) is 1. The van der Waals surface area contributed by atoms with Crippen molar-refractivity contribution in [2.45, 2.75) is 19.5 Å². The quantitative estimate of drug-likeness (QED) is 0.748. The molecule has 72 valence electrons. The first-order valence-corrected chi connectivity index (χ1v) is 4.46. The van der Waals surface area contributed by atoms with Crippen LogP contribution in [0, 0.1) is 0 Å². The smallest absolute Gasteiger partial charge is 0.260 e. The molecular weight excluding hydrogens is 247 g/mol. The normalized spacial score (nSPS) is 11.8. The Balaban J connectivity index is 3.19. The lowest BCUT2D eigenvalue weighted by atomic mass is 10.2. The van der Waals surface area contributed by atoms with E-state index in [1.807, 2.05) is 0 Å². The maximum absolute atomic E-state index is 12.3. The molecule has 0 radical (unpaired) electrons. The molecule has 1 nitrogen and oxygen atoms in total. The van der Waals surface area contributed by atoms with E-state index in [0.717, 1.165) is 6.07 Å². The van der Waals surface area contributed by atoms with Crippen molar-refractivity contribution >= 4 is 15.9 Å². The standard InChI is InChI=1S/C8H7BrF3N/c1-2-5-3-6(8(10,11)12)7(9)4-13-5/h3-4H,2H2,1H3. The molecule has 0 spiro atoms. The molecule has 0 atom stereocenters. The summed E-state index contributed by atoms with van der Waals surface area (Å²) in [6.45, 7) is 1.76. The van der Waals surface area contributed by atoms with Gasteiger partial charge in [-0.2, -0.15) is 13.2 Å². The second-order valence-electron chi connectivity index (χ2n) is 2.51. The van der Waals surface area contributed by atoms with Gasteiger partial charge in [-0.1, -0.05) is 6.92 Å². The van der Waals surface area contributed by atoms with Crippen LogP contribution in [-0.2, 0) is 12.6 Å². The summed E-state index contributed by atoms with van der Waals surface area (Å²) in [6.07, 6.45) is -2.64. The van der Waals surface area contributed by atoms with Crippen molar-refractivity contribution in [2.75, 3.05) is 0 Å². The van der Waals surface area contributed by atoms with Crippen LogP contribution in [0.4, 0.5) is 13.2 Å². The molecule has 0 aliphatic rings. The fourth-order valence-electron chi connectivity index (χ4n) is 0.893. The molecule has 0 aliphatic heterocycles. The molecule has 5 heteroatoms. The molecular formula is C8H7BrF3N. The van der Waals surface area contributed by atoms with E-state index in [2.05, 4.69) is 20.9 Å². The van der Waals surface area contributed by atoms with Gasteiger partial charge < -0.3 is 0 Å². The largest absolute Gasteiger partial charge is 0.417 e. The van der Waals surface area contributed by atoms with Gasteiger partial charge in [-0.05, 0) is 28.4 Å². The van der Waals surface area contributed by atoms with E-state index in [0.29, 0.717) is 12.1 Å². The predicted octanol–water partition coefficient (Wildman–Crippen LogP) is 3.43. The Labute approximate surface area is 82.1 Å². The summed E-state index contributed by atoms with van der Waals surface area (Å²) in [4.78, 5) is 3.82. The summed E-state index contributed by atoms with van der Waals surface area (Å²) in [5.74, 6) is 0. The lowest BCUT2D eigenvalue weighted by molar-refractivity contribution is -0.138. The molecule has 1 rings (SSSR count). The Morgan fingerprint density at radius 1 is 1.46 bits per heavy atom. The van der Waals surface area contributed by atoms with E-state index in [1.54, 1.807) is 6.92 Å². The maximum atomic E-state index is 12.3. The maximum Gasteiger partial charge on any atom is 0.417 e. The van der Waals surface area contributed by atoms with Crippen LogP contribution in [-0.4, -0.2) is 4.98 Å². The van der Waals surface area contributed by atoms with Crippen molar-refractivity contribution in [3.05, 3.63) is 28.0 Å². The highest BCUT2D eigenvalue weighted by Crippen LogP contribution is 2.34. The van der Waals surface area contributed by atoms with Crippen LogP contribution in [0.3, 0.4) is 0 Å². The minimum atomic E-state index is -4.31. The fourth-order valence-corrected chi connectivity index (χ4v) is 1.33. The van der Waals surface area contributed by atoms with Crippen molar-refractivity contribution in [2.24, 2.45) is 0 Å². The van der Waals surface area contributed by atoms with Gasteiger partial charge in [-0.3, -0.25) is 4.98 Å². The number of halogens is 4. The Morgan fingerprint density at radius 2 is 2.08 bits per heavy atom. The topological polar surface area (TPSA) is 12.9 Å². The molecule has 1 heterocycles. The fraction of sp³-hybridized carbons (Fsp3) is 0.375. The summed E-state index contributed by atoms with van der Waals surface area (Å²) in [6, 6.07) is 1.06. The van der Waals surface area contributed by atoms with Gasteiger partial charge in [0.2, 0.25) is 0 Å². The van der Waals surface area contributed by atoms with Crippen LogP contribution in [0.2, 0.25) is 0 Å². The zero-order valence-corrected chi connectivity index (χ0v) is 8.41. The Hall–Kier alpha value is -0.580. The summed E-state index contributed by atoms with van der Waals surface area (Å²) in [5.41, 5.74) is -0.227. The van der Waals surface area contributed by atoms with Crippen LogP contribution in [0.1, 0.15) is 18.2 Å². The van der Waals surface area contributed by atoms with Gasteiger partial charge in [0.05, 0.1) is 5.56 Å². The molecule has 0 N–H and O–H groups in total. The first-order valence-electron chi connectivity index (χ1n) is 3.66. The van der Waals surface area contributed by atoms with Gasteiger partial charge in [0.25, 0.3) is 0 Å². The third kappa shape index (κ3) is 2.43. The van der Waals surface area contributed by atoms with Gasteiger partial charge in [-0.25, -0.2) is 0 Å². The number of aryl methyl sites for hydroxylation is 1. The molecule has 0 fully saturated rings. The molecule has 1 aromatic rings. The summed E-state index contributed by atoms with van der Waals surface area (Å²) in [5, 5.41) is 0. The molecule has 0 unspecified atom stereocenters. The molecule has 13 heavy (non-hydrogen) atoms. The molecule has 0 aromatic carbocycles. The summed E-state index contributed by atoms with van der Waals surface area (Å²) in [7, 11) is 0. The highest BCUT2D eigenvalue weighted by atomic mass is 79.9. The van der Waals surface area contributed by atoms with E-state index in [4.69, 9.17) is 0 Å². The van der Waals surface area contributed by atoms with Gasteiger partial charge >= 0.3 is 6.18 Å². The zero-order chi connectivity index (χ0) is 10.1. The Bertz CT molecular complexity index is 309. The number of aromatic nitrogens is 1. The van der Waals surface area contributed by atoms with Crippen molar-refractivity contribution in [1.82, 2.24) is 4.98 Å². The van der Waals surface area contributed by atoms with Crippen molar-refractivity contribution in [1.29, 1.82) is 0 Å². The number of hydrogen-bond donors (Lipinski definition) is 0. The van der Waals surface area contributed by atoms with E-state index in [1.165, 1.54) is 6.20 Å². The molecule has 0 amide bonds. The van der Waals surface area contributed by atoms with Crippen LogP contribution < -0.4 is 0 Å².